The Morgan fingerprint density at radius 2 is 1.55 bits per heavy atom. The summed E-state index contributed by atoms with van der Waals surface area (Å²) in [5.74, 6) is 1.31. The lowest BCUT2D eigenvalue weighted by Gasteiger charge is -2.23. The number of aryl methyl sites for hydroxylation is 1. The maximum atomic E-state index is 12.6. The van der Waals surface area contributed by atoms with Gasteiger partial charge in [0.25, 0.3) is 5.91 Å². The Morgan fingerprint density at radius 3 is 2.00 bits per heavy atom. The molecule has 0 heterocycles. The summed E-state index contributed by atoms with van der Waals surface area (Å²) < 4.78 is 10.5. The molecule has 1 aromatic carbocycles. The topological polar surface area (TPSA) is 38.8 Å². The number of ether oxygens (including phenoxy) is 2. The molecule has 0 radical (unpaired) electrons. The molecule has 1 amide bonds. The van der Waals surface area contributed by atoms with Gasteiger partial charge < -0.3 is 14.4 Å². The minimum atomic E-state index is 0.0622. The Kier molecular flexibility index (Phi) is 6.36. The van der Waals surface area contributed by atoms with Crippen LogP contribution in [0.1, 0.15) is 42.6 Å². The second-order valence-electron chi connectivity index (χ2n) is 4.81. The van der Waals surface area contributed by atoms with Gasteiger partial charge >= 0.3 is 0 Å². The van der Waals surface area contributed by atoms with E-state index in [9.17, 15) is 4.79 Å². The number of amides is 1. The summed E-state index contributed by atoms with van der Waals surface area (Å²) in [6, 6.07) is 3.62. The average Bonchev–Trinajstić information content (AvgIpc) is 2.46. The highest BCUT2D eigenvalue weighted by Gasteiger charge is 2.19. The van der Waals surface area contributed by atoms with E-state index in [1.165, 1.54) is 0 Å². The smallest absolute Gasteiger partial charge is 0.254 e. The predicted octanol–water partition coefficient (Wildman–Crippen LogP) is 3.27. The molecule has 4 nitrogen and oxygen atoms in total. The summed E-state index contributed by atoms with van der Waals surface area (Å²) in [7, 11) is 3.18. The van der Waals surface area contributed by atoms with Gasteiger partial charge in [-0.1, -0.05) is 13.8 Å². The van der Waals surface area contributed by atoms with Gasteiger partial charge in [0.1, 0.15) is 0 Å². The van der Waals surface area contributed by atoms with Gasteiger partial charge in [0.05, 0.1) is 14.2 Å². The highest BCUT2D eigenvalue weighted by Crippen LogP contribution is 2.30. The van der Waals surface area contributed by atoms with E-state index in [-0.39, 0.29) is 5.91 Å². The van der Waals surface area contributed by atoms with Crippen LogP contribution in [0.3, 0.4) is 0 Å². The molecule has 0 aromatic heterocycles. The Balaban J connectivity index is 3.13. The molecular weight excluding hydrogens is 254 g/mol. The fourth-order valence-electron chi connectivity index (χ4n) is 2.24. The lowest BCUT2D eigenvalue weighted by molar-refractivity contribution is 0.0754. The van der Waals surface area contributed by atoms with E-state index >= 15 is 0 Å². The molecule has 0 aliphatic carbocycles. The summed E-state index contributed by atoms with van der Waals surface area (Å²) in [5.41, 5.74) is 1.59. The molecule has 4 heteroatoms. The first-order valence-corrected chi connectivity index (χ1v) is 7.10. The van der Waals surface area contributed by atoms with Gasteiger partial charge in [0.15, 0.2) is 11.5 Å². The third-order valence-electron chi connectivity index (χ3n) is 3.24. The molecule has 0 aliphatic heterocycles. The second-order valence-corrected chi connectivity index (χ2v) is 4.81. The molecule has 0 unspecified atom stereocenters. The molecule has 0 saturated heterocycles. The van der Waals surface area contributed by atoms with E-state index in [0.717, 1.165) is 31.5 Å². The van der Waals surface area contributed by atoms with E-state index < -0.39 is 0 Å². The monoisotopic (exact) mass is 279 g/mol. The van der Waals surface area contributed by atoms with Crippen molar-refractivity contribution in [3.05, 3.63) is 23.3 Å². The van der Waals surface area contributed by atoms with Crippen LogP contribution in [0.25, 0.3) is 0 Å². The van der Waals surface area contributed by atoms with Crippen LogP contribution in [0.2, 0.25) is 0 Å². The van der Waals surface area contributed by atoms with Crippen LogP contribution in [0.5, 0.6) is 11.5 Å². The third kappa shape index (κ3) is 3.65. The van der Waals surface area contributed by atoms with Crippen molar-refractivity contribution in [3.8, 4) is 11.5 Å². The van der Waals surface area contributed by atoms with Crippen LogP contribution in [0.4, 0.5) is 0 Å². The Morgan fingerprint density at radius 1 is 1.05 bits per heavy atom. The zero-order chi connectivity index (χ0) is 15.1. The number of benzene rings is 1. The summed E-state index contributed by atoms with van der Waals surface area (Å²) in [6.07, 6.45) is 1.91. The number of rotatable bonds is 7. The largest absolute Gasteiger partial charge is 0.493 e. The van der Waals surface area contributed by atoms with Crippen molar-refractivity contribution >= 4 is 5.91 Å². The van der Waals surface area contributed by atoms with Crippen molar-refractivity contribution in [2.75, 3.05) is 27.3 Å². The Bertz CT molecular complexity index is 451. The number of carbonyl (C=O) groups is 1. The van der Waals surface area contributed by atoms with Crippen LogP contribution in [0, 0.1) is 6.92 Å². The van der Waals surface area contributed by atoms with Crippen LogP contribution < -0.4 is 9.47 Å². The molecule has 0 saturated carbocycles. The van der Waals surface area contributed by atoms with E-state index in [1.54, 1.807) is 20.3 Å². The van der Waals surface area contributed by atoms with Crippen molar-refractivity contribution < 1.29 is 14.3 Å². The normalized spacial score (nSPS) is 10.2. The highest BCUT2D eigenvalue weighted by atomic mass is 16.5. The number of hydrogen-bond acceptors (Lipinski definition) is 3. The van der Waals surface area contributed by atoms with E-state index in [2.05, 4.69) is 13.8 Å². The van der Waals surface area contributed by atoms with Crippen molar-refractivity contribution in [2.24, 2.45) is 0 Å². The van der Waals surface area contributed by atoms with Crippen LogP contribution >= 0.6 is 0 Å². The van der Waals surface area contributed by atoms with Crippen molar-refractivity contribution in [1.82, 2.24) is 4.90 Å². The van der Waals surface area contributed by atoms with Crippen molar-refractivity contribution in [1.29, 1.82) is 0 Å². The highest BCUT2D eigenvalue weighted by molar-refractivity contribution is 5.96. The number of hydrogen-bond donors (Lipinski definition) is 0. The lowest BCUT2D eigenvalue weighted by Crippen LogP contribution is -2.33. The molecule has 0 fully saturated rings. The molecule has 0 N–H and O–H groups in total. The molecule has 112 valence electrons. The Labute approximate surface area is 121 Å². The van der Waals surface area contributed by atoms with E-state index in [4.69, 9.17) is 9.47 Å². The zero-order valence-electron chi connectivity index (χ0n) is 13.2. The number of methoxy groups -OCH3 is 2. The predicted molar refractivity (Wildman–Crippen MR) is 80.8 cm³/mol. The summed E-state index contributed by atoms with van der Waals surface area (Å²) in [5, 5.41) is 0. The third-order valence-corrected chi connectivity index (χ3v) is 3.24. The molecule has 1 aromatic rings. The fraction of sp³-hybridized carbons (Fsp3) is 0.562. The van der Waals surface area contributed by atoms with E-state index in [0.29, 0.717) is 17.1 Å². The first-order valence-electron chi connectivity index (χ1n) is 7.10. The first-order chi connectivity index (χ1) is 9.58. The van der Waals surface area contributed by atoms with Gasteiger partial charge in [0.2, 0.25) is 0 Å². The summed E-state index contributed by atoms with van der Waals surface area (Å²) in [4.78, 5) is 14.5. The zero-order valence-corrected chi connectivity index (χ0v) is 13.2. The molecular formula is C16H25NO3. The van der Waals surface area contributed by atoms with Crippen LogP contribution in [-0.2, 0) is 0 Å². The van der Waals surface area contributed by atoms with Gasteiger partial charge in [-0.05, 0) is 37.5 Å². The number of nitrogens with zero attached hydrogens (tertiary/aromatic N) is 1. The van der Waals surface area contributed by atoms with Gasteiger partial charge in [-0.3, -0.25) is 4.79 Å². The van der Waals surface area contributed by atoms with Gasteiger partial charge in [-0.15, -0.1) is 0 Å². The van der Waals surface area contributed by atoms with Gasteiger partial charge in [-0.2, -0.15) is 0 Å². The van der Waals surface area contributed by atoms with Gasteiger partial charge in [0, 0.05) is 18.7 Å². The molecule has 0 atom stereocenters. The minimum absolute atomic E-state index is 0.0622. The van der Waals surface area contributed by atoms with Crippen molar-refractivity contribution in [3.63, 3.8) is 0 Å². The average molecular weight is 279 g/mol. The Hall–Kier alpha value is -1.71. The molecule has 0 spiro atoms. The van der Waals surface area contributed by atoms with Gasteiger partial charge in [-0.25, -0.2) is 0 Å². The molecule has 0 aliphatic rings. The van der Waals surface area contributed by atoms with Crippen molar-refractivity contribution in [2.45, 2.75) is 33.6 Å². The second kappa shape index (κ2) is 7.78. The van der Waals surface area contributed by atoms with E-state index in [1.807, 2.05) is 17.9 Å². The molecule has 0 bridgehead atoms. The SMILES string of the molecule is CCCN(CCC)C(=O)c1cc(OC)c(OC)cc1C. The minimum Gasteiger partial charge on any atom is -0.493 e. The standard InChI is InChI=1S/C16H25NO3/c1-6-8-17(9-7-2)16(18)13-11-15(20-5)14(19-4)10-12(13)3/h10-11H,6-9H2,1-5H3. The maximum absolute atomic E-state index is 12.6. The summed E-state index contributed by atoms with van der Waals surface area (Å²) in [6.45, 7) is 7.64. The summed E-state index contributed by atoms with van der Waals surface area (Å²) >= 11 is 0. The maximum Gasteiger partial charge on any atom is 0.254 e. The first kappa shape index (κ1) is 16.3. The fourth-order valence-corrected chi connectivity index (χ4v) is 2.24. The quantitative estimate of drug-likeness (QED) is 0.769. The molecule has 1 rings (SSSR count). The van der Waals surface area contributed by atoms with Crippen LogP contribution in [-0.4, -0.2) is 38.1 Å². The molecule has 20 heavy (non-hydrogen) atoms. The lowest BCUT2D eigenvalue weighted by atomic mass is 10.1. The number of carbonyl (C=O) groups excluding carboxylic acids is 1. The van der Waals surface area contributed by atoms with Crippen LogP contribution in [0.15, 0.2) is 12.1 Å².